The number of aliphatic hydroxyl groups is 1. The number of hydrogen-bond donors (Lipinski definition) is 2. The Hall–Kier alpha value is -3.72. The first-order chi connectivity index (χ1) is 16.5. The highest BCUT2D eigenvalue weighted by Crippen LogP contribution is 2.43. The maximum absolute atomic E-state index is 13.6. The van der Waals surface area contributed by atoms with E-state index in [1.165, 1.54) is 12.1 Å². The summed E-state index contributed by atoms with van der Waals surface area (Å²) in [5, 5.41) is 21.5. The third-order valence-corrected chi connectivity index (χ3v) is 6.83. The molecule has 9 heteroatoms. The zero-order valence-electron chi connectivity index (χ0n) is 18.6. The van der Waals surface area contributed by atoms with Crippen LogP contribution in [0.4, 0.5) is 5.69 Å². The van der Waals surface area contributed by atoms with Crippen molar-refractivity contribution in [1.82, 2.24) is 14.8 Å². The monoisotopic (exact) mass is 462 g/mol. The van der Waals surface area contributed by atoms with Gasteiger partial charge in [0.1, 0.15) is 6.04 Å². The number of aromatic nitrogens is 1. The van der Waals surface area contributed by atoms with Gasteiger partial charge in [0.15, 0.2) is 0 Å². The van der Waals surface area contributed by atoms with Gasteiger partial charge in [-0.25, -0.2) is 0 Å². The zero-order chi connectivity index (χ0) is 23.8. The van der Waals surface area contributed by atoms with Gasteiger partial charge in [0.05, 0.1) is 17.5 Å². The van der Waals surface area contributed by atoms with Crippen LogP contribution < -0.4 is 0 Å². The first kappa shape index (κ1) is 22.1. The highest BCUT2D eigenvalue weighted by atomic mass is 16.6. The van der Waals surface area contributed by atoms with Crippen molar-refractivity contribution in [3.8, 4) is 0 Å². The minimum atomic E-state index is -0.671. The van der Waals surface area contributed by atoms with Gasteiger partial charge < -0.3 is 19.9 Å². The maximum atomic E-state index is 13.6. The molecule has 176 valence electrons. The van der Waals surface area contributed by atoms with E-state index in [9.17, 15) is 19.7 Å². The third kappa shape index (κ3) is 3.71. The molecule has 0 radical (unpaired) electrons. The number of H-pyrrole nitrogens is 1. The van der Waals surface area contributed by atoms with E-state index < -0.39 is 17.0 Å². The van der Waals surface area contributed by atoms with Crippen LogP contribution in [0, 0.1) is 10.1 Å². The molecule has 2 amide bonds. The molecule has 0 spiro atoms. The summed E-state index contributed by atoms with van der Waals surface area (Å²) in [5.41, 5.74) is 3.22. The topological polar surface area (TPSA) is 120 Å². The molecule has 2 N–H and O–H groups in total. The fourth-order valence-electron chi connectivity index (χ4n) is 5.26. The molecular formula is C25H26N4O5. The lowest BCUT2D eigenvalue weighted by Gasteiger charge is -2.47. The van der Waals surface area contributed by atoms with Crippen molar-refractivity contribution in [2.45, 2.75) is 37.8 Å². The number of hydrogen-bond acceptors (Lipinski definition) is 5. The van der Waals surface area contributed by atoms with Crippen molar-refractivity contribution >= 4 is 28.4 Å². The van der Waals surface area contributed by atoms with Gasteiger partial charge in [-0.15, -0.1) is 0 Å². The van der Waals surface area contributed by atoms with E-state index in [2.05, 4.69) is 4.98 Å². The van der Waals surface area contributed by atoms with Crippen molar-refractivity contribution in [3.63, 3.8) is 0 Å². The predicted molar refractivity (Wildman–Crippen MR) is 125 cm³/mol. The molecule has 2 aliphatic heterocycles. The van der Waals surface area contributed by atoms with Gasteiger partial charge in [-0.2, -0.15) is 0 Å². The van der Waals surface area contributed by atoms with Crippen LogP contribution in [0.2, 0.25) is 0 Å². The Morgan fingerprint density at radius 2 is 1.91 bits per heavy atom. The number of carbonyl (C=O) groups excluding carboxylic acids is 2. The number of aliphatic hydroxyl groups excluding tert-OH is 1. The van der Waals surface area contributed by atoms with Crippen LogP contribution in [0.1, 0.15) is 42.1 Å². The number of amides is 2. The molecule has 2 atom stereocenters. The summed E-state index contributed by atoms with van der Waals surface area (Å²) in [5.74, 6) is -0.275. The minimum Gasteiger partial charge on any atom is -0.396 e. The number of rotatable bonds is 7. The Kier molecular flexibility index (Phi) is 5.79. The number of non-ortho nitro benzene ring substituents is 1. The molecule has 0 saturated carbocycles. The minimum absolute atomic E-state index is 0.0184. The lowest BCUT2D eigenvalue weighted by molar-refractivity contribution is -0.384. The highest BCUT2D eigenvalue weighted by molar-refractivity contribution is 5.97. The summed E-state index contributed by atoms with van der Waals surface area (Å²) in [6.45, 7) is 0.560. The number of fused-ring (bicyclic) bond motifs is 4. The zero-order valence-corrected chi connectivity index (χ0v) is 18.6. The van der Waals surface area contributed by atoms with Crippen LogP contribution in [-0.2, 0) is 16.0 Å². The number of nitro groups is 1. The van der Waals surface area contributed by atoms with Gasteiger partial charge in [-0.1, -0.05) is 30.3 Å². The van der Waals surface area contributed by atoms with E-state index in [4.69, 9.17) is 5.11 Å². The van der Waals surface area contributed by atoms with E-state index >= 15 is 0 Å². The molecule has 1 saturated heterocycles. The molecule has 3 aromatic rings. The molecule has 1 fully saturated rings. The number of nitrogens with zero attached hydrogens (tertiary/aromatic N) is 3. The summed E-state index contributed by atoms with van der Waals surface area (Å²) in [4.78, 5) is 44.7. The van der Waals surface area contributed by atoms with Crippen LogP contribution >= 0.6 is 0 Å². The molecule has 1 aromatic heterocycles. The summed E-state index contributed by atoms with van der Waals surface area (Å²) in [7, 11) is 0. The lowest BCUT2D eigenvalue weighted by atomic mass is 9.86. The first-order valence-corrected chi connectivity index (χ1v) is 11.5. The van der Waals surface area contributed by atoms with Crippen LogP contribution in [-0.4, -0.2) is 62.4 Å². The summed E-state index contributed by atoms with van der Waals surface area (Å²) in [6, 6.07) is 12.8. The van der Waals surface area contributed by atoms with E-state index in [0.29, 0.717) is 24.9 Å². The lowest BCUT2D eigenvalue weighted by Crippen LogP contribution is -2.63. The van der Waals surface area contributed by atoms with Gasteiger partial charge in [0.25, 0.3) is 5.69 Å². The number of para-hydroxylation sites is 1. The second kappa shape index (κ2) is 8.90. The van der Waals surface area contributed by atoms with Gasteiger partial charge in [-0.3, -0.25) is 19.7 Å². The van der Waals surface area contributed by atoms with Crippen molar-refractivity contribution in [2.75, 3.05) is 19.7 Å². The Balaban J connectivity index is 1.59. The fourth-order valence-corrected chi connectivity index (χ4v) is 5.26. The average Bonchev–Trinajstić information content (AvgIpc) is 3.22. The van der Waals surface area contributed by atoms with Crippen LogP contribution in [0.15, 0.2) is 48.5 Å². The quantitative estimate of drug-likeness (QED) is 0.318. The normalized spacial score (nSPS) is 19.9. The summed E-state index contributed by atoms with van der Waals surface area (Å²) < 4.78 is 0. The molecule has 0 aliphatic carbocycles. The molecule has 34 heavy (non-hydrogen) atoms. The van der Waals surface area contributed by atoms with Crippen molar-refractivity contribution in [2.24, 2.45) is 0 Å². The number of carbonyl (C=O) groups is 2. The molecule has 0 bridgehead atoms. The standard InChI is InChI=1S/C25H26N4O5/c30-12-5-1-4-11-27-15-22(31)28-21(25(27)32)14-19-18-9-2-3-10-20(18)26-23(19)24(28)16-7-6-8-17(13-16)29(33)34/h2-3,6-10,13,21,24,26,30H,1,4-5,11-12,14-15H2/t21-,24+/m1/s1. The van der Waals surface area contributed by atoms with Crippen LogP contribution in [0.3, 0.4) is 0 Å². The fraction of sp³-hybridized carbons (Fsp3) is 0.360. The molecule has 2 aliphatic rings. The maximum Gasteiger partial charge on any atom is 0.269 e. The van der Waals surface area contributed by atoms with Gasteiger partial charge in [0, 0.05) is 48.3 Å². The Morgan fingerprint density at radius 1 is 1.09 bits per heavy atom. The molecule has 9 nitrogen and oxygen atoms in total. The van der Waals surface area contributed by atoms with Gasteiger partial charge in [-0.05, 0) is 36.5 Å². The Bertz CT molecular complexity index is 1270. The number of benzene rings is 2. The van der Waals surface area contributed by atoms with Crippen molar-refractivity contribution in [1.29, 1.82) is 0 Å². The molecular weight excluding hydrogens is 436 g/mol. The van der Waals surface area contributed by atoms with Gasteiger partial charge >= 0.3 is 0 Å². The average molecular weight is 463 g/mol. The van der Waals surface area contributed by atoms with Crippen LogP contribution in [0.5, 0.6) is 0 Å². The van der Waals surface area contributed by atoms with Gasteiger partial charge in [0.2, 0.25) is 11.8 Å². The number of nitrogens with one attached hydrogen (secondary N) is 1. The number of unbranched alkanes of at least 4 members (excludes halogenated alkanes) is 2. The Morgan fingerprint density at radius 3 is 2.71 bits per heavy atom. The first-order valence-electron chi connectivity index (χ1n) is 11.5. The highest BCUT2D eigenvalue weighted by Gasteiger charge is 2.48. The predicted octanol–water partition coefficient (Wildman–Crippen LogP) is 2.92. The van der Waals surface area contributed by atoms with Crippen molar-refractivity contribution < 1.29 is 19.6 Å². The largest absolute Gasteiger partial charge is 0.396 e. The van der Waals surface area contributed by atoms with E-state index in [-0.39, 0.29) is 30.7 Å². The van der Waals surface area contributed by atoms with E-state index in [1.807, 2.05) is 24.3 Å². The van der Waals surface area contributed by atoms with E-state index in [1.54, 1.807) is 21.9 Å². The SMILES string of the molecule is O=C1[C@H]2Cc3c([nH]c4ccccc34)[C@H](c3cccc([N+](=O)[O-])c3)N2C(=O)CN1CCCCCO. The molecule has 5 rings (SSSR count). The third-order valence-electron chi connectivity index (χ3n) is 6.83. The number of piperazine rings is 1. The number of nitro benzene ring substituents is 1. The summed E-state index contributed by atoms with van der Waals surface area (Å²) >= 11 is 0. The second-order valence-corrected chi connectivity index (χ2v) is 8.88. The molecule has 3 heterocycles. The number of aromatic amines is 1. The molecule has 0 unspecified atom stereocenters. The Labute approximate surface area is 196 Å². The van der Waals surface area contributed by atoms with Crippen LogP contribution in [0.25, 0.3) is 10.9 Å². The van der Waals surface area contributed by atoms with Crippen molar-refractivity contribution in [3.05, 3.63) is 75.5 Å². The second-order valence-electron chi connectivity index (χ2n) is 8.88. The van der Waals surface area contributed by atoms with E-state index in [0.717, 1.165) is 35.0 Å². The summed E-state index contributed by atoms with van der Waals surface area (Å²) in [6.07, 6.45) is 2.56. The molecule has 2 aromatic carbocycles. The smallest absolute Gasteiger partial charge is 0.269 e.